The van der Waals surface area contributed by atoms with Gasteiger partial charge < -0.3 is 0 Å². The van der Waals surface area contributed by atoms with E-state index in [1.54, 1.807) is 0 Å². The van der Waals surface area contributed by atoms with Crippen molar-refractivity contribution in [1.82, 2.24) is 0 Å². The van der Waals surface area contributed by atoms with Crippen molar-refractivity contribution >= 4 is 20.4 Å². The van der Waals surface area contributed by atoms with Crippen molar-refractivity contribution in [3.05, 3.63) is 119 Å². The summed E-state index contributed by atoms with van der Waals surface area (Å²) in [7, 11) is 2.90. The molecule has 0 aliphatic rings. The molecule has 0 aliphatic carbocycles. The van der Waals surface area contributed by atoms with Crippen molar-refractivity contribution in [3.8, 4) is 0 Å². The van der Waals surface area contributed by atoms with Crippen LogP contribution < -0.4 is 0 Å². The molecule has 0 saturated carbocycles. The second kappa shape index (κ2) is 8.37. The van der Waals surface area contributed by atoms with Crippen LogP contribution >= 0.6 is 9.24 Å². The molecule has 0 amide bonds. The van der Waals surface area contributed by atoms with Crippen LogP contribution in [0.3, 0.4) is 0 Å². The van der Waals surface area contributed by atoms with Gasteiger partial charge in [0.15, 0.2) is 0 Å². The Labute approximate surface area is 185 Å². The first-order valence-electron chi connectivity index (χ1n) is 10.5. The molecule has 3 rings (SSSR count). The summed E-state index contributed by atoms with van der Waals surface area (Å²) in [6, 6.07) is 26.0. The van der Waals surface area contributed by atoms with Crippen molar-refractivity contribution < 1.29 is 0 Å². The first kappa shape index (κ1) is 22.3. The van der Waals surface area contributed by atoms with E-state index in [0.29, 0.717) is 0 Å². The minimum atomic E-state index is 0.0695. The molecule has 154 valence electrons. The van der Waals surface area contributed by atoms with Crippen molar-refractivity contribution in [2.24, 2.45) is 0 Å². The summed E-state index contributed by atoms with van der Waals surface area (Å²) >= 11 is 0. The summed E-state index contributed by atoms with van der Waals surface area (Å²) in [6.07, 6.45) is 0. The molecule has 0 aromatic heterocycles. The van der Waals surface area contributed by atoms with Gasteiger partial charge in [-0.2, -0.15) is 0 Å². The SMILES string of the molecule is C=C(c1ccc(C(C)(C)C)cc1)c1cccc(C(=C)c2ccc(C(C)(C)P)cc2)c1. The van der Waals surface area contributed by atoms with E-state index < -0.39 is 0 Å². The Morgan fingerprint density at radius 1 is 0.600 bits per heavy atom. The zero-order valence-corrected chi connectivity index (χ0v) is 20.1. The van der Waals surface area contributed by atoms with Crippen molar-refractivity contribution in [2.45, 2.75) is 45.2 Å². The van der Waals surface area contributed by atoms with E-state index >= 15 is 0 Å². The van der Waals surface area contributed by atoms with E-state index in [1.165, 1.54) is 11.1 Å². The predicted octanol–water partition coefficient (Wildman–Crippen LogP) is 8.22. The average Bonchev–Trinajstić information content (AvgIpc) is 2.71. The maximum Gasteiger partial charge on any atom is 0.00413 e. The Balaban J connectivity index is 1.85. The van der Waals surface area contributed by atoms with Crippen molar-refractivity contribution in [2.75, 3.05) is 0 Å². The fourth-order valence-corrected chi connectivity index (χ4v) is 3.69. The molecule has 0 nitrogen and oxygen atoms in total. The van der Waals surface area contributed by atoms with Crippen LogP contribution in [-0.4, -0.2) is 0 Å². The highest BCUT2D eigenvalue weighted by molar-refractivity contribution is 7.18. The van der Waals surface area contributed by atoms with Gasteiger partial charge in [-0.3, -0.25) is 0 Å². The van der Waals surface area contributed by atoms with Gasteiger partial charge in [0.2, 0.25) is 0 Å². The van der Waals surface area contributed by atoms with Gasteiger partial charge in [-0.1, -0.05) is 115 Å². The van der Waals surface area contributed by atoms with Gasteiger partial charge >= 0.3 is 0 Å². The van der Waals surface area contributed by atoms with Crippen LogP contribution in [0, 0.1) is 0 Å². The number of rotatable bonds is 5. The minimum absolute atomic E-state index is 0.0695. The van der Waals surface area contributed by atoms with E-state index in [2.05, 4.69) is 130 Å². The molecule has 0 radical (unpaired) electrons. The Hall–Kier alpha value is -2.43. The summed E-state index contributed by atoms with van der Waals surface area (Å²) in [4.78, 5) is 0. The topological polar surface area (TPSA) is 0 Å². The summed E-state index contributed by atoms with van der Waals surface area (Å²) in [5.74, 6) is 0. The van der Waals surface area contributed by atoms with Gasteiger partial charge in [0, 0.05) is 5.16 Å². The van der Waals surface area contributed by atoms with Gasteiger partial charge in [-0.05, 0) is 56.0 Å². The van der Waals surface area contributed by atoms with Gasteiger partial charge in [-0.15, -0.1) is 9.24 Å². The van der Waals surface area contributed by atoms with E-state index in [1.807, 2.05) is 0 Å². The Morgan fingerprint density at radius 2 is 1.00 bits per heavy atom. The lowest BCUT2D eigenvalue weighted by molar-refractivity contribution is 0.590. The number of hydrogen-bond donors (Lipinski definition) is 0. The largest absolute Gasteiger partial charge is 0.127 e. The van der Waals surface area contributed by atoms with E-state index in [4.69, 9.17) is 0 Å². The molecule has 1 heteroatoms. The van der Waals surface area contributed by atoms with Gasteiger partial charge in [0.1, 0.15) is 0 Å². The fourth-order valence-electron chi connectivity index (χ4n) is 3.50. The monoisotopic (exact) mass is 412 g/mol. The molecule has 0 N–H and O–H groups in total. The van der Waals surface area contributed by atoms with E-state index in [9.17, 15) is 0 Å². The van der Waals surface area contributed by atoms with Crippen LogP contribution in [0.25, 0.3) is 11.1 Å². The van der Waals surface area contributed by atoms with Crippen LogP contribution in [0.1, 0.15) is 68.0 Å². The molecule has 1 unspecified atom stereocenters. The molecule has 0 heterocycles. The zero-order valence-electron chi connectivity index (χ0n) is 18.9. The highest BCUT2D eigenvalue weighted by Crippen LogP contribution is 2.33. The van der Waals surface area contributed by atoms with Crippen molar-refractivity contribution in [1.29, 1.82) is 0 Å². The van der Waals surface area contributed by atoms with Crippen molar-refractivity contribution in [3.63, 3.8) is 0 Å². The lowest BCUT2D eigenvalue weighted by atomic mass is 9.85. The van der Waals surface area contributed by atoms with Crippen LogP contribution in [0.15, 0.2) is 86.0 Å². The molecule has 0 aliphatic heterocycles. The second-order valence-corrected chi connectivity index (χ2v) is 11.1. The molecule has 1 atom stereocenters. The summed E-state index contributed by atoms with van der Waals surface area (Å²) in [5.41, 5.74) is 9.38. The molecule has 0 bridgehead atoms. The lowest BCUT2D eigenvalue weighted by Gasteiger charge is -2.20. The third-order valence-corrected chi connectivity index (χ3v) is 5.97. The second-order valence-electron chi connectivity index (χ2n) is 9.66. The highest BCUT2D eigenvalue weighted by atomic mass is 31.0. The van der Waals surface area contributed by atoms with Gasteiger partial charge in [0.25, 0.3) is 0 Å². The Morgan fingerprint density at radius 3 is 1.37 bits per heavy atom. The van der Waals surface area contributed by atoms with Gasteiger partial charge in [-0.25, -0.2) is 0 Å². The smallest absolute Gasteiger partial charge is 0.00413 e. The maximum absolute atomic E-state index is 4.37. The molecular weight excluding hydrogens is 379 g/mol. The van der Waals surface area contributed by atoms with E-state index in [-0.39, 0.29) is 10.6 Å². The summed E-state index contributed by atoms with van der Waals surface area (Å²) in [5, 5.41) is 0.0695. The third-order valence-electron chi connectivity index (χ3n) is 5.64. The molecule has 30 heavy (non-hydrogen) atoms. The van der Waals surface area contributed by atoms with Crippen LogP contribution in [-0.2, 0) is 10.6 Å². The van der Waals surface area contributed by atoms with Crippen LogP contribution in [0.4, 0.5) is 0 Å². The summed E-state index contributed by atoms with van der Waals surface area (Å²) < 4.78 is 0. The Bertz CT molecular complexity index is 968. The molecule has 0 saturated heterocycles. The fraction of sp³-hybridized carbons (Fsp3) is 0.241. The maximum atomic E-state index is 4.37. The molecule has 0 spiro atoms. The first-order valence-corrected chi connectivity index (χ1v) is 11.0. The molecule has 3 aromatic carbocycles. The first-order chi connectivity index (χ1) is 14.0. The third kappa shape index (κ3) is 5.00. The molecular formula is C29H33P. The lowest BCUT2D eigenvalue weighted by Crippen LogP contribution is -2.10. The summed E-state index contributed by atoms with van der Waals surface area (Å²) in [6.45, 7) is 19.8. The quantitative estimate of drug-likeness (QED) is 0.370. The van der Waals surface area contributed by atoms with Crippen LogP contribution in [0.5, 0.6) is 0 Å². The molecule has 3 aromatic rings. The standard InChI is InChI=1S/C29H33P/c1-20(22-11-15-26(16-12-22)28(3,4)5)24-9-8-10-25(19-24)21(2)23-13-17-27(18-14-23)29(6,7)30/h8-19H,1-2,30H2,3-7H3. The van der Waals surface area contributed by atoms with Gasteiger partial charge in [0.05, 0.1) is 0 Å². The Kier molecular flexibility index (Phi) is 6.21. The number of benzene rings is 3. The average molecular weight is 413 g/mol. The predicted molar refractivity (Wildman–Crippen MR) is 137 cm³/mol. The van der Waals surface area contributed by atoms with Crippen LogP contribution in [0.2, 0.25) is 0 Å². The zero-order chi connectivity index (χ0) is 22.1. The normalized spacial score (nSPS) is 11.9. The minimum Gasteiger partial charge on any atom is -0.127 e. The van der Waals surface area contributed by atoms with E-state index in [0.717, 1.165) is 33.4 Å². The number of hydrogen-bond acceptors (Lipinski definition) is 0. The highest BCUT2D eigenvalue weighted by Gasteiger charge is 2.15. The molecule has 0 fully saturated rings.